The van der Waals surface area contributed by atoms with Crippen molar-refractivity contribution in [2.24, 2.45) is 5.92 Å². The standard InChI is InChI=1S/C20H25N3O4S/c1-13-3-5-23(6-4-13)11-15-12-28-20(21-15)22-19(24)14-9-16(25-2)18-17(10-14)26-7-8-27-18/h9-10,12-13H,3-8,11H2,1-2H3,(H,21,22,24). The molecule has 28 heavy (non-hydrogen) atoms. The number of rotatable bonds is 5. The summed E-state index contributed by atoms with van der Waals surface area (Å²) < 4.78 is 16.5. The molecular weight excluding hydrogens is 378 g/mol. The zero-order valence-corrected chi connectivity index (χ0v) is 17.0. The molecule has 0 saturated carbocycles. The number of anilines is 1. The Balaban J connectivity index is 1.42. The molecule has 0 radical (unpaired) electrons. The van der Waals surface area contributed by atoms with Crippen LogP contribution in [0.1, 0.15) is 35.8 Å². The van der Waals surface area contributed by atoms with Crippen LogP contribution in [0.3, 0.4) is 0 Å². The molecule has 0 unspecified atom stereocenters. The summed E-state index contributed by atoms with van der Waals surface area (Å²) in [6, 6.07) is 3.34. The van der Waals surface area contributed by atoms with Gasteiger partial charge in [-0.25, -0.2) is 4.98 Å². The molecule has 1 aromatic carbocycles. The number of carbonyl (C=O) groups is 1. The Labute approximate surface area is 168 Å². The second-order valence-corrected chi connectivity index (χ2v) is 8.12. The first-order valence-electron chi connectivity index (χ1n) is 9.58. The quantitative estimate of drug-likeness (QED) is 0.825. The minimum absolute atomic E-state index is 0.247. The molecule has 0 aliphatic carbocycles. The fourth-order valence-corrected chi connectivity index (χ4v) is 4.16. The molecule has 3 heterocycles. The number of carbonyl (C=O) groups excluding carboxylic acids is 1. The summed E-state index contributed by atoms with van der Waals surface area (Å²) in [6.07, 6.45) is 2.47. The Kier molecular flexibility index (Phi) is 5.68. The van der Waals surface area contributed by atoms with Crippen molar-refractivity contribution in [3.05, 3.63) is 28.8 Å². The van der Waals surface area contributed by atoms with E-state index in [0.29, 0.717) is 41.2 Å². The minimum Gasteiger partial charge on any atom is -0.493 e. The van der Waals surface area contributed by atoms with Gasteiger partial charge in [-0.05, 0) is 44.0 Å². The fourth-order valence-electron chi connectivity index (χ4n) is 3.46. The highest BCUT2D eigenvalue weighted by Crippen LogP contribution is 2.40. The molecule has 2 aromatic rings. The summed E-state index contributed by atoms with van der Waals surface area (Å²) in [5.41, 5.74) is 1.44. The Morgan fingerprint density at radius 1 is 1.32 bits per heavy atom. The number of hydrogen-bond donors (Lipinski definition) is 1. The average molecular weight is 404 g/mol. The molecule has 1 aromatic heterocycles. The minimum atomic E-state index is -0.247. The van der Waals surface area contributed by atoms with E-state index in [0.717, 1.165) is 31.2 Å². The highest BCUT2D eigenvalue weighted by Gasteiger charge is 2.22. The van der Waals surface area contributed by atoms with Crippen molar-refractivity contribution in [3.8, 4) is 17.2 Å². The number of ether oxygens (including phenoxy) is 3. The first-order chi connectivity index (χ1) is 13.6. The lowest BCUT2D eigenvalue weighted by Crippen LogP contribution is -2.32. The van der Waals surface area contributed by atoms with Gasteiger partial charge in [-0.15, -0.1) is 11.3 Å². The van der Waals surface area contributed by atoms with Gasteiger partial charge < -0.3 is 14.2 Å². The van der Waals surface area contributed by atoms with Crippen LogP contribution in [0, 0.1) is 5.92 Å². The van der Waals surface area contributed by atoms with Crippen LogP contribution in [0.15, 0.2) is 17.5 Å². The van der Waals surface area contributed by atoms with Crippen molar-refractivity contribution in [2.45, 2.75) is 26.3 Å². The highest BCUT2D eigenvalue weighted by molar-refractivity contribution is 7.14. The van der Waals surface area contributed by atoms with Gasteiger partial charge in [0, 0.05) is 17.5 Å². The molecule has 4 rings (SSSR count). The summed E-state index contributed by atoms with van der Waals surface area (Å²) in [7, 11) is 1.55. The van der Waals surface area contributed by atoms with E-state index in [2.05, 4.69) is 22.1 Å². The van der Waals surface area contributed by atoms with Crippen LogP contribution in [0.2, 0.25) is 0 Å². The zero-order valence-electron chi connectivity index (χ0n) is 16.2. The number of methoxy groups -OCH3 is 1. The second kappa shape index (κ2) is 8.36. The van der Waals surface area contributed by atoms with Crippen molar-refractivity contribution in [1.29, 1.82) is 0 Å². The third-order valence-electron chi connectivity index (χ3n) is 5.12. The number of hydrogen-bond acceptors (Lipinski definition) is 7. The number of fused-ring (bicyclic) bond motifs is 1. The number of nitrogens with one attached hydrogen (secondary N) is 1. The van der Waals surface area contributed by atoms with E-state index in [1.165, 1.54) is 24.2 Å². The van der Waals surface area contributed by atoms with Crippen LogP contribution in [0.5, 0.6) is 17.2 Å². The predicted octanol–water partition coefficient (Wildman–Crippen LogP) is 3.41. The molecule has 0 spiro atoms. The van der Waals surface area contributed by atoms with Crippen LogP contribution in [-0.2, 0) is 6.54 Å². The van der Waals surface area contributed by atoms with Crippen molar-refractivity contribution in [2.75, 3.05) is 38.7 Å². The van der Waals surface area contributed by atoms with E-state index in [1.54, 1.807) is 19.2 Å². The van der Waals surface area contributed by atoms with Crippen molar-refractivity contribution in [1.82, 2.24) is 9.88 Å². The predicted molar refractivity (Wildman–Crippen MR) is 108 cm³/mol. The van der Waals surface area contributed by atoms with Crippen LogP contribution < -0.4 is 19.5 Å². The zero-order chi connectivity index (χ0) is 19.5. The Bertz CT molecular complexity index is 829. The van der Waals surface area contributed by atoms with Gasteiger partial charge in [-0.2, -0.15) is 0 Å². The molecule has 0 atom stereocenters. The Hall–Kier alpha value is -2.32. The SMILES string of the molecule is COc1cc(C(=O)Nc2nc(CN3CCC(C)CC3)cs2)cc2c1OCCO2. The molecule has 8 heteroatoms. The first kappa shape index (κ1) is 19.0. The maximum atomic E-state index is 12.7. The van der Waals surface area contributed by atoms with Crippen molar-refractivity contribution in [3.63, 3.8) is 0 Å². The molecule has 1 saturated heterocycles. The van der Waals surface area contributed by atoms with Gasteiger partial charge in [0.25, 0.3) is 5.91 Å². The molecule has 1 N–H and O–H groups in total. The van der Waals surface area contributed by atoms with Crippen LogP contribution >= 0.6 is 11.3 Å². The van der Waals surface area contributed by atoms with Gasteiger partial charge >= 0.3 is 0 Å². The lowest BCUT2D eigenvalue weighted by Gasteiger charge is -2.29. The molecule has 1 amide bonds. The molecular formula is C20H25N3O4S. The number of nitrogens with zero attached hydrogens (tertiary/aromatic N) is 2. The number of aromatic nitrogens is 1. The first-order valence-corrected chi connectivity index (χ1v) is 10.5. The number of piperidine rings is 1. The number of likely N-dealkylation sites (tertiary alicyclic amines) is 1. The van der Waals surface area contributed by atoms with Crippen LogP contribution in [0.4, 0.5) is 5.13 Å². The van der Waals surface area contributed by atoms with Crippen LogP contribution in [0.25, 0.3) is 0 Å². The van der Waals surface area contributed by atoms with Crippen molar-refractivity contribution < 1.29 is 19.0 Å². The lowest BCUT2D eigenvalue weighted by molar-refractivity contribution is 0.102. The fraction of sp³-hybridized carbons (Fsp3) is 0.500. The summed E-state index contributed by atoms with van der Waals surface area (Å²) in [6.45, 7) is 6.27. The van der Waals surface area contributed by atoms with Crippen LogP contribution in [-0.4, -0.2) is 49.2 Å². The van der Waals surface area contributed by atoms with Gasteiger partial charge in [0.15, 0.2) is 16.6 Å². The normalized spacial score (nSPS) is 17.4. The third-order valence-corrected chi connectivity index (χ3v) is 5.93. The number of thiazole rings is 1. The van der Waals surface area contributed by atoms with Gasteiger partial charge in [0.05, 0.1) is 12.8 Å². The van der Waals surface area contributed by atoms with E-state index in [4.69, 9.17) is 14.2 Å². The summed E-state index contributed by atoms with van der Waals surface area (Å²) >= 11 is 1.44. The largest absolute Gasteiger partial charge is 0.493 e. The van der Waals surface area contributed by atoms with E-state index in [1.807, 2.05) is 5.38 Å². The summed E-state index contributed by atoms with van der Waals surface area (Å²) in [5, 5.41) is 5.49. The monoisotopic (exact) mass is 403 g/mol. The Morgan fingerprint density at radius 3 is 2.89 bits per heavy atom. The molecule has 1 fully saturated rings. The van der Waals surface area contributed by atoms with Gasteiger partial charge in [0.1, 0.15) is 13.2 Å². The summed E-state index contributed by atoms with van der Waals surface area (Å²) in [4.78, 5) is 19.7. The van der Waals surface area contributed by atoms with Gasteiger partial charge in [-0.3, -0.25) is 15.0 Å². The Morgan fingerprint density at radius 2 is 2.11 bits per heavy atom. The molecule has 150 valence electrons. The molecule has 7 nitrogen and oxygen atoms in total. The van der Waals surface area contributed by atoms with E-state index in [9.17, 15) is 4.79 Å². The second-order valence-electron chi connectivity index (χ2n) is 7.26. The third kappa shape index (κ3) is 4.23. The van der Waals surface area contributed by atoms with E-state index < -0.39 is 0 Å². The summed E-state index contributed by atoms with van der Waals surface area (Å²) in [5.74, 6) is 2.11. The number of benzene rings is 1. The lowest BCUT2D eigenvalue weighted by atomic mass is 9.99. The maximum Gasteiger partial charge on any atom is 0.257 e. The van der Waals surface area contributed by atoms with Gasteiger partial charge in [-0.1, -0.05) is 6.92 Å². The molecule has 0 bridgehead atoms. The maximum absolute atomic E-state index is 12.7. The van der Waals surface area contributed by atoms with Gasteiger partial charge in [0.2, 0.25) is 5.75 Å². The van der Waals surface area contributed by atoms with E-state index in [-0.39, 0.29) is 5.91 Å². The smallest absolute Gasteiger partial charge is 0.257 e. The highest BCUT2D eigenvalue weighted by atomic mass is 32.1. The topological polar surface area (TPSA) is 72.9 Å². The number of amides is 1. The molecule has 2 aliphatic rings. The molecule has 2 aliphatic heterocycles. The average Bonchev–Trinajstić information content (AvgIpc) is 3.15. The van der Waals surface area contributed by atoms with E-state index >= 15 is 0 Å². The van der Waals surface area contributed by atoms with Crippen molar-refractivity contribution >= 4 is 22.4 Å².